The van der Waals surface area contributed by atoms with Crippen molar-refractivity contribution in [2.45, 2.75) is 56.9 Å². The minimum atomic E-state index is -0.267. The van der Waals surface area contributed by atoms with Crippen molar-refractivity contribution < 1.29 is 0 Å². The van der Waals surface area contributed by atoms with Crippen molar-refractivity contribution in [2.24, 2.45) is 40.7 Å². The highest BCUT2D eigenvalue weighted by molar-refractivity contribution is 8.03. The van der Waals surface area contributed by atoms with E-state index in [1.807, 2.05) is 0 Å². The molecule has 0 aliphatic heterocycles. The molecule has 4 fully saturated rings. The molecule has 30 heavy (non-hydrogen) atoms. The van der Waals surface area contributed by atoms with E-state index in [2.05, 4.69) is 36.8 Å². The Balaban J connectivity index is 1.44. The van der Waals surface area contributed by atoms with Crippen molar-refractivity contribution in [3.63, 3.8) is 0 Å². The molecule has 7 atom stereocenters. The van der Waals surface area contributed by atoms with Crippen molar-refractivity contribution in [1.82, 2.24) is 0 Å². The van der Waals surface area contributed by atoms with E-state index in [1.165, 1.54) is 60.6 Å². The van der Waals surface area contributed by atoms with Gasteiger partial charge in [-0.2, -0.15) is 5.26 Å². The molecule has 4 saturated carbocycles. The summed E-state index contributed by atoms with van der Waals surface area (Å²) < 4.78 is 0. The fourth-order valence-corrected chi connectivity index (χ4v) is 8.26. The third kappa shape index (κ3) is 2.87. The summed E-state index contributed by atoms with van der Waals surface area (Å²) in [5.41, 5.74) is 13.0. The monoisotopic (exact) mass is 418 g/mol. The van der Waals surface area contributed by atoms with E-state index in [1.54, 1.807) is 0 Å². The standard InChI is InChI=1S/C27H34N2S/c1-17(15-30-16-28)10-21-12-23-14-26(23)9-8-24-18(2)11-22(20-6-4-5-7-20)13-25(24)27(26,29)19(21)3/h4,6-7,21-25H,1-3,5,8-15,29H2. The van der Waals surface area contributed by atoms with Crippen LogP contribution in [0.5, 0.6) is 0 Å². The molecule has 2 nitrogen and oxygen atoms in total. The van der Waals surface area contributed by atoms with Crippen molar-refractivity contribution in [1.29, 1.82) is 5.26 Å². The number of thiocyanates is 1. The summed E-state index contributed by atoms with van der Waals surface area (Å²) in [6.07, 6.45) is 16.3. The molecule has 0 heterocycles. The van der Waals surface area contributed by atoms with Gasteiger partial charge in [0.15, 0.2) is 0 Å². The SMILES string of the molecule is C=C(CSC#N)CC1CC2CC23CCC2C(=C)CC(C4=CCC=C4)CC2C3(N)C1=C. The quantitative estimate of drug-likeness (QED) is 0.421. The Hall–Kier alpha value is -1.50. The van der Waals surface area contributed by atoms with Gasteiger partial charge in [0.05, 0.1) is 0 Å². The number of rotatable bonds is 5. The smallest absolute Gasteiger partial charge is 0.133 e. The number of nitrogens with zero attached hydrogens (tertiary/aromatic N) is 1. The van der Waals surface area contributed by atoms with E-state index in [0.29, 0.717) is 23.7 Å². The van der Waals surface area contributed by atoms with Gasteiger partial charge in [-0.1, -0.05) is 54.7 Å². The van der Waals surface area contributed by atoms with Crippen LogP contribution in [0, 0.1) is 45.7 Å². The molecule has 0 amide bonds. The molecular weight excluding hydrogens is 384 g/mol. The molecule has 0 aromatic heterocycles. The first kappa shape index (κ1) is 20.4. The highest BCUT2D eigenvalue weighted by Gasteiger charge is 2.73. The van der Waals surface area contributed by atoms with Crippen molar-refractivity contribution in [3.8, 4) is 5.40 Å². The number of nitrogens with two attached hydrogens (primary N) is 1. The van der Waals surface area contributed by atoms with Gasteiger partial charge in [0, 0.05) is 11.3 Å². The Morgan fingerprint density at radius 1 is 1.33 bits per heavy atom. The third-order valence-electron chi connectivity index (χ3n) is 9.34. The van der Waals surface area contributed by atoms with E-state index in [-0.39, 0.29) is 11.0 Å². The molecule has 0 aromatic carbocycles. The van der Waals surface area contributed by atoms with Gasteiger partial charge in [-0.25, -0.2) is 0 Å². The molecule has 7 unspecified atom stereocenters. The van der Waals surface area contributed by atoms with Crippen LogP contribution in [0.25, 0.3) is 0 Å². The van der Waals surface area contributed by atoms with Crippen LogP contribution >= 0.6 is 11.8 Å². The molecule has 5 aliphatic carbocycles. The maximum atomic E-state index is 8.90. The number of allylic oxidation sites excluding steroid dienone is 5. The molecule has 0 radical (unpaired) electrons. The lowest BCUT2D eigenvalue weighted by Gasteiger charge is -2.59. The van der Waals surface area contributed by atoms with Gasteiger partial charge in [-0.05, 0) is 104 Å². The largest absolute Gasteiger partial charge is 0.321 e. The zero-order valence-corrected chi connectivity index (χ0v) is 18.9. The zero-order chi connectivity index (χ0) is 21.1. The average molecular weight is 419 g/mol. The summed E-state index contributed by atoms with van der Waals surface area (Å²) in [7, 11) is 0. The molecule has 0 aromatic rings. The Bertz CT molecular complexity index is 904. The van der Waals surface area contributed by atoms with Crippen LogP contribution in [-0.2, 0) is 0 Å². The predicted molar refractivity (Wildman–Crippen MR) is 126 cm³/mol. The molecule has 0 bridgehead atoms. The van der Waals surface area contributed by atoms with Crippen LogP contribution in [0.2, 0.25) is 0 Å². The summed E-state index contributed by atoms with van der Waals surface area (Å²) in [6.45, 7) is 13.5. The molecule has 5 rings (SSSR count). The van der Waals surface area contributed by atoms with Gasteiger partial charge in [0.25, 0.3) is 0 Å². The molecule has 2 N–H and O–H groups in total. The second kappa shape index (κ2) is 7.28. The Morgan fingerprint density at radius 3 is 2.90 bits per heavy atom. The summed E-state index contributed by atoms with van der Waals surface area (Å²) in [5.74, 6) is 3.47. The van der Waals surface area contributed by atoms with E-state index >= 15 is 0 Å². The van der Waals surface area contributed by atoms with Crippen molar-refractivity contribution in [2.75, 3.05) is 5.75 Å². The second-order valence-electron chi connectivity index (χ2n) is 10.6. The minimum absolute atomic E-state index is 0.267. The highest BCUT2D eigenvalue weighted by atomic mass is 32.2. The lowest BCUT2D eigenvalue weighted by atomic mass is 9.47. The fourth-order valence-electron chi connectivity index (χ4n) is 7.87. The zero-order valence-electron chi connectivity index (χ0n) is 18.0. The Kier molecular flexibility index (Phi) is 4.95. The number of nitriles is 1. The van der Waals surface area contributed by atoms with Crippen LogP contribution in [0.15, 0.2) is 60.3 Å². The average Bonchev–Trinajstić information content (AvgIpc) is 3.17. The maximum absolute atomic E-state index is 8.90. The number of fused-ring (bicyclic) bond motifs is 2. The second-order valence-corrected chi connectivity index (χ2v) is 11.4. The summed E-state index contributed by atoms with van der Waals surface area (Å²) in [4.78, 5) is 0. The van der Waals surface area contributed by atoms with Crippen LogP contribution in [-0.4, -0.2) is 11.3 Å². The van der Waals surface area contributed by atoms with Crippen LogP contribution in [0.4, 0.5) is 0 Å². The summed E-state index contributed by atoms with van der Waals surface area (Å²) in [5, 5.41) is 11.1. The molecule has 1 spiro atoms. The number of hydrogen-bond acceptors (Lipinski definition) is 3. The van der Waals surface area contributed by atoms with Crippen molar-refractivity contribution in [3.05, 3.63) is 60.3 Å². The van der Waals surface area contributed by atoms with Gasteiger partial charge in [0.1, 0.15) is 5.40 Å². The van der Waals surface area contributed by atoms with Crippen LogP contribution in [0.3, 0.4) is 0 Å². The van der Waals surface area contributed by atoms with Crippen LogP contribution < -0.4 is 5.73 Å². The minimum Gasteiger partial charge on any atom is -0.321 e. The summed E-state index contributed by atoms with van der Waals surface area (Å²) >= 11 is 1.29. The Labute approximate surface area is 186 Å². The van der Waals surface area contributed by atoms with Gasteiger partial charge in [0.2, 0.25) is 0 Å². The highest BCUT2D eigenvalue weighted by Crippen LogP contribution is 2.76. The molecule has 0 saturated heterocycles. The topological polar surface area (TPSA) is 49.8 Å². The maximum Gasteiger partial charge on any atom is 0.133 e. The molecular formula is C27H34N2S. The first-order valence-corrected chi connectivity index (χ1v) is 12.6. The van der Waals surface area contributed by atoms with E-state index < -0.39 is 0 Å². The normalized spacial score (nSPS) is 43.9. The molecule has 5 aliphatic rings. The first-order chi connectivity index (χ1) is 14.4. The van der Waals surface area contributed by atoms with E-state index in [9.17, 15) is 0 Å². The van der Waals surface area contributed by atoms with Crippen molar-refractivity contribution >= 4 is 11.8 Å². The lowest BCUT2D eigenvalue weighted by molar-refractivity contribution is 0.0202. The number of thioether (sulfide) groups is 1. The third-order valence-corrected chi connectivity index (χ3v) is 10.0. The fraction of sp³-hybridized carbons (Fsp3) is 0.593. The molecule has 3 heteroatoms. The number of hydrogen-bond donors (Lipinski definition) is 1. The van der Waals surface area contributed by atoms with Crippen LogP contribution in [0.1, 0.15) is 51.4 Å². The van der Waals surface area contributed by atoms with Gasteiger partial charge < -0.3 is 5.73 Å². The lowest BCUT2D eigenvalue weighted by Crippen LogP contribution is -2.65. The predicted octanol–water partition coefficient (Wildman–Crippen LogP) is 6.31. The van der Waals surface area contributed by atoms with E-state index in [0.717, 1.165) is 36.5 Å². The van der Waals surface area contributed by atoms with Gasteiger partial charge >= 0.3 is 0 Å². The Morgan fingerprint density at radius 2 is 2.17 bits per heavy atom. The van der Waals surface area contributed by atoms with Gasteiger partial charge in [-0.15, -0.1) is 0 Å². The van der Waals surface area contributed by atoms with E-state index in [4.69, 9.17) is 17.6 Å². The van der Waals surface area contributed by atoms with Gasteiger partial charge in [-0.3, -0.25) is 0 Å². The molecule has 158 valence electrons. The first-order valence-electron chi connectivity index (χ1n) is 11.6. The summed E-state index contributed by atoms with van der Waals surface area (Å²) in [6, 6.07) is 0.